The fraction of sp³-hybridized carbons (Fsp3) is 0.250. The predicted molar refractivity (Wildman–Crippen MR) is 94.0 cm³/mol. The smallest absolute Gasteiger partial charge is 0.335 e. The van der Waals surface area contributed by atoms with Crippen molar-refractivity contribution in [3.8, 4) is 0 Å². The third kappa shape index (κ3) is 5.64. The van der Waals surface area contributed by atoms with Crippen LogP contribution in [-0.2, 0) is 9.59 Å². The molecule has 0 atom stereocenters. The first-order valence-corrected chi connectivity index (χ1v) is 8.45. The molecular weight excluding hydrogens is 346 g/mol. The van der Waals surface area contributed by atoms with Crippen LogP contribution >= 0.6 is 11.8 Å². The Labute approximate surface area is 148 Å². The van der Waals surface area contributed by atoms with Gasteiger partial charge in [0, 0.05) is 11.8 Å². The highest BCUT2D eigenvalue weighted by Crippen LogP contribution is 2.17. The molecule has 2 rings (SSSR count). The third-order valence-corrected chi connectivity index (χ3v) is 4.05. The monoisotopic (exact) mass is 363 g/mol. The molecule has 0 fully saturated rings. The maximum Gasteiger partial charge on any atom is 0.335 e. The number of carbonyl (C=O) groups excluding carboxylic acids is 2. The van der Waals surface area contributed by atoms with E-state index in [9.17, 15) is 14.4 Å². The van der Waals surface area contributed by atoms with Crippen LogP contribution < -0.4 is 10.6 Å². The number of nitrogens with one attached hydrogen (secondary N) is 2. The van der Waals surface area contributed by atoms with Gasteiger partial charge >= 0.3 is 5.97 Å². The van der Waals surface area contributed by atoms with Gasteiger partial charge in [-0.3, -0.25) is 9.59 Å². The Hall–Kier alpha value is -2.81. The van der Waals surface area contributed by atoms with Gasteiger partial charge in [0.2, 0.25) is 11.8 Å². The van der Waals surface area contributed by atoms with E-state index in [-0.39, 0.29) is 28.9 Å². The fourth-order valence-electron chi connectivity index (χ4n) is 1.92. The van der Waals surface area contributed by atoms with Gasteiger partial charge in [0.1, 0.15) is 5.76 Å². The Balaban J connectivity index is 1.80. The molecule has 3 N–H and O–H groups in total. The molecule has 2 aromatic rings. The highest BCUT2D eigenvalue weighted by Gasteiger charge is 2.11. The minimum absolute atomic E-state index is 0.0575. The van der Waals surface area contributed by atoms with E-state index in [0.717, 1.165) is 17.3 Å². The average Bonchev–Trinajstić information content (AvgIpc) is 2.94. The standard InChI is InChI=1S/C16H17N3O5S/c1-9-3-4-11(16(22)23)6-12(9)17-14(20)7-25-8-15(21)18-13-5-10(2)24-19-13/h3-6H,7-8H2,1-2H3,(H,17,20)(H,22,23)(H,18,19,21). The number of aromatic carboxylic acids is 1. The Morgan fingerprint density at radius 1 is 1.12 bits per heavy atom. The molecule has 0 saturated carbocycles. The molecule has 0 aliphatic carbocycles. The van der Waals surface area contributed by atoms with Crippen molar-refractivity contribution < 1.29 is 24.0 Å². The maximum atomic E-state index is 12.0. The molecule has 0 unspecified atom stereocenters. The van der Waals surface area contributed by atoms with E-state index < -0.39 is 5.97 Å². The van der Waals surface area contributed by atoms with Gasteiger partial charge in [-0.25, -0.2) is 4.79 Å². The van der Waals surface area contributed by atoms with Gasteiger partial charge in [0.05, 0.1) is 17.1 Å². The summed E-state index contributed by atoms with van der Waals surface area (Å²) in [5.41, 5.74) is 1.28. The van der Waals surface area contributed by atoms with Crippen LogP contribution in [-0.4, -0.2) is 39.6 Å². The SMILES string of the molecule is Cc1cc(NC(=O)CSCC(=O)Nc2cc(C(=O)O)ccc2C)no1. The van der Waals surface area contributed by atoms with Gasteiger partial charge in [-0.1, -0.05) is 11.2 Å². The van der Waals surface area contributed by atoms with Gasteiger partial charge in [0.25, 0.3) is 0 Å². The predicted octanol–water partition coefficient (Wildman–Crippen LogP) is 2.30. The first-order chi connectivity index (χ1) is 11.8. The van der Waals surface area contributed by atoms with Crippen LogP contribution in [0.4, 0.5) is 11.5 Å². The highest BCUT2D eigenvalue weighted by atomic mass is 32.2. The van der Waals surface area contributed by atoms with Crippen LogP contribution in [0.25, 0.3) is 0 Å². The van der Waals surface area contributed by atoms with Gasteiger partial charge in [-0.2, -0.15) is 0 Å². The zero-order valence-corrected chi connectivity index (χ0v) is 14.5. The number of amides is 2. The minimum Gasteiger partial charge on any atom is -0.478 e. The summed E-state index contributed by atoms with van der Waals surface area (Å²) in [5, 5.41) is 17.8. The van der Waals surface area contributed by atoms with Crippen LogP contribution in [0.3, 0.4) is 0 Å². The van der Waals surface area contributed by atoms with Crippen LogP contribution in [0, 0.1) is 13.8 Å². The van der Waals surface area contributed by atoms with Gasteiger partial charge < -0.3 is 20.3 Å². The molecule has 8 nitrogen and oxygen atoms in total. The number of carboxylic acid groups (broad SMARTS) is 1. The van der Waals surface area contributed by atoms with Gasteiger partial charge in [-0.15, -0.1) is 11.8 Å². The van der Waals surface area contributed by atoms with Gasteiger partial charge in [0.15, 0.2) is 5.82 Å². The first kappa shape index (κ1) is 18.5. The van der Waals surface area contributed by atoms with E-state index >= 15 is 0 Å². The summed E-state index contributed by atoms with van der Waals surface area (Å²) in [6, 6.07) is 6.09. The molecule has 0 saturated heterocycles. The normalized spacial score (nSPS) is 10.3. The van der Waals surface area contributed by atoms with E-state index in [4.69, 9.17) is 9.63 Å². The summed E-state index contributed by atoms with van der Waals surface area (Å²) in [4.78, 5) is 34.7. The number of anilines is 2. The fourth-order valence-corrected chi connectivity index (χ4v) is 2.53. The Bertz CT molecular complexity index is 803. The van der Waals surface area contributed by atoms with Crippen molar-refractivity contribution in [1.29, 1.82) is 0 Å². The molecular formula is C16H17N3O5S. The van der Waals surface area contributed by atoms with Crippen molar-refractivity contribution in [2.75, 3.05) is 22.1 Å². The Morgan fingerprint density at radius 2 is 1.80 bits per heavy atom. The van der Waals surface area contributed by atoms with E-state index in [0.29, 0.717) is 17.3 Å². The van der Waals surface area contributed by atoms with Crippen LogP contribution in [0.1, 0.15) is 21.7 Å². The summed E-state index contributed by atoms with van der Waals surface area (Å²) in [5.74, 6) is -0.634. The lowest BCUT2D eigenvalue weighted by molar-refractivity contribution is -0.114. The summed E-state index contributed by atoms with van der Waals surface area (Å²) in [6.45, 7) is 3.48. The van der Waals surface area contributed by atoms with Gasteiger partial charge in [-0.05, 0) is 31.5 Å². The summed E-state index contributed by atoms with van der Waals surface area (Å²) < 4.78 is 4.83. The largest absolute Gasteiger partial charge is 0.478 e. The van der Waals surface area contributed by atoms with E-state index in [2.05, 4.69) is 15.8 Å². The number of benzene rings is 1. The second-order valence-corrected chi connectivity index (χ2v) is 6.23. The molecule has 0 aliphatic heterocycles. The number of carboxylic acids is 1. The van der Waals surface area contributed by atoms with Crippen LogP contribution in [0.2, 0.25) is 0 Å². The zero-order chi connectivity index (χ0) is 18.4. The Kier molecular flexibility index (Phi) is 6.18. The topological polar surface area (TPSA) is 122 Å². The lowest BCUT2D eigenvalue weighted by Gasteiger charge is -2.09. The minimum atomic E-state index is -1.07. The number of rotatable bonds is 7. The molecule has 1 aromatic heterocycles. The first-order valence-electron chi connectivity index (χ1n) is 7.30. The average molecular weight is 363 g/mol. The van der Waals surface area contributed by atoms with Crippen molar-refractivity contribution >= 4 is 41.1 Å². The number of aromatic nitrogens is 1. The lowest BCUT2D eigenvalue weighted by Crippen LogP contribution is -2.19. The summed E-state index contributed by atoms with van der Waals surface area (Å²) in [7, 11) is 0. The molecule has 0 radical (unpaired) electrons. The number of hydrogen-bond donors (Lipinski definition) is 3. The van der Waals surface area contributed by atoms with Crippen molar-refractivity contribution in [2.45, 2.75) is 13.8 Å². The zero-order valence-electron chi connectivity index (χ0n) is 13.7. The number of thioether (sulfide) groups is 1. The maximum absolute atomic E-state index is 12.0. The van der Waals surface area contributed by atoms with Crippen LogP contribution in [0.5, 0.6) is 0 Å². The van der Waals surface area contributed by atoms with E-state index in [1.54, 1.807) is 26.0 Å². The lowest BCUT2D eigenvalue weighted by atomic mass is 10.1. The second kappa shape index (κ2) is 8.34. The second-order valence-electron chi connectivity index (χ2n) is 5.25. The molecule has 2 amide bonds. The number of nitrogens with zero attached hydrogens (tertiary/aromatic N) is 1. The van der Waals surface area contributed by atoms with E-state index in [1.807, 2.05) is 0 Å². The van der Waals surface area contributed by atoms with Crippen molar-refractivity contribution in [1.82, 2.24) is 5.16 Å². The highest BCUT2D eigenvalue weighted by molar-refractivity contribution is 8.00. The summed E-state index contributed by atoms with van der Waals surface area (Å²) >= 11 is 1.13. The third-order valence-electron chi connectivity index (χ3n) is 3.12. The quantitative estimate of drug-likeness (QED) is 0.690. The summed E-state index contributed by atoms with van der Waals surface area (Å²) in [6.07, 6.45) is 0. The van der Waals surface area contributed by atoms with Crippen LogP contribution in [0.15, 0.2) is 28.8 Å². The molecule has 1 aromatic carbocycles. The molecule has 132 valence electrons. The molecule has 25 heavy (non-hydrogen) atoms. The van der Waals surface area contributed by atoms with E-state index in [1.165, 1.54) is 12.1 Å². The molecule has 0 spiro atoms. The molecule has 0 aliphatic rings. The molecule has 9 heteroatoms. The van der Waals surface area contributed by atoms with Crippen molar-refractivity contribution in [3.05, 3.63) is 41.2 Å². The number of carbonyl (C=O) groups is 3. The molecule has 0 bridgehead atoms. The van der Waals surface area contributed by atoms with Crippen molar-refractivity contribution in [2.24, 2.45) is 0 Å². The Morgan fingerprint density at radius 3 is 2.40 bits per heavy atom. The van der Waals surface area contributed by atoms with Crippen molar-refractivity contribution in [3.63, 3.8) is 0 Å². The number of hydrogen-bond acceptors (Lipinski definition) is 6. The molecule has 1 heterocycles. The number of aryl methyl sites for hydroxylation is 2.